The van der Waals surface area contributed by atoms with Crippen LogP contribution < -0.4 is 4.74 Å². The van der Waals surface area contributed by atoms with Gasteiger partial charge in [-0.25, -0.2) is 4.98 Å². The number of hydrogen-bond acceptors (Lipinski definition) is 5. The average molecular weight is 434 g/mol. The summed E-state index contributed by atoms with van der Waals surface area (Å²) in [5, 5.41) is 0.740. The van der Waals surface area contributed by atoms with Crippen molar-refractivity contribution in [2.24, 2.45) is 0 Å². The molecule has 2 fully saturated rings. The van der Waals surface area contributed by atoms with E-state index in [4.69, 9.17) is 0 Å². The molecule has 4 rings (SSSR count). The highest BCUT2D eigenvalue weighted by Crippen LogP contribution is 2.29. The molecule has 8 heteroatoms. The fourth-order valence-corrected chi connectivity index (χ4v) is 4.85. The molecule has 0 bridgehead atoms. The number of aromatic nitrogens is 1. The van der Waals surface area contributed by atoms with E-state index in [2.05, 4.69) is 14.6 Å². The fourth-order valence-electron chi connectivity index (χ4n) is 4.10. The van der Waals surface area contributed by atoms with Gasteiger partial charge in [0.25, 0.3) is 5.91 Å². The van der Waals surface area contributed by atoms with Gasteiger partial charge >= 0.3 is 6.61 Å². The summed E-state index contributed by atoms with van der Waals surface area (Å²) in [6, 6.07) is 10.3. The summed E-state index contributed by atoms with van der Waals surface area (Å²) in [6.07, 6.45) is 6.26. The Bertz CT molecular complexity index is 842. The molecule has 2 aromatic rings. The molecular formula is C22H25F2N3O2S. The molecule has 1 aromatic heterocycles. The Balaban J connectivity index is 1.36. The highest BCUT2D eigenvalue weighted by atomic mass is 32.2. The second-order valence-corrected chi connectivity index (χ2v) is 8.73. The van der Waals surface area contributed by atoms with E-state index in [1.165, 1.54) is 36.7 Å². The normalized spacial score (nSPS) is 19.6. The van der Waals surface area contributed by atoms with E-state index in [0.29, 0.717) is 11.6 Å². The molecule has 5 nitrogen and oxygen atoms in total. The second kappa shape index (κ2) is 9.75. The number of amides is 1. The summed E-state index contributed by atoms with van der Waals surface area (Å²) < 4.78 is 28.8. The molecule has 0 spiro atoms. The Morgan fingerprint density at radius 2 is 1.87 bits per heavy atom. The smallest absolute Gasteiger partial charge is 0.387 e. The molecule has 1 atom stereocenters. The van der Waals surface area contributed by atoms with Gasteiger partial charge in [0, 0.05) is 30.2 Å². The number of alkyl halides is 2. The first kappa shape index (κ1) is 21.1. The quantitative estimate of drug-likeness (QED) is 0.642. The Hall–Kier alpha value is -2.19. The van der Waals surface area contributed by atoms with Crippen molar-refractivity contribution in [2.45, 2.75) is 48.3 Å². The topological polar surface area (TPSA) is 45.7 Å². The summed E-state index contributed by atoms with van der Waals surface area (Å²) in [4.78, 5) is 22.8. The molecule has 160 valence electrons. The van der Waals surface area contributed by atoms with E-state index < -0.39 is 6.61 Å². The average Bonchev–Trinajstić information content (AvgIpc) is 3.42. The van der Waals surface area contributed by atoms with Gasteiger partial charge in [0.05, 0.1) is 5.56 Å². The number of benzene rings is 1. The van der Waals surface area contributed by atoms with Gasteiger partial charge in [-0.3, -0.25) is 4.79 Å². The number of carbonyl (C=O) groups excluding carboxylic acids is 1. The Labute approximate surface area is 179 Å². The molecule has 0 N–H and O–H groups in total. The minimum absolute atomic E-state index is 0.0502. The standard InChI is InChI=1S/C22H25F2N3O2S/c23-22(24)29-18-6-8-19(9-7-18)30-20-10-5-16(14-25-20)21(28)27-13-3-4-17(27)15-26-11-1-2-12-26/h5-10,14,17,22H,1-4,11-13,15H2. The third-order valence-electron chi connectivity index (χ3n) is 5.56. The Kier molecular flexibility index (Phi) is 6.84. The van der Waals surface area contributed by atoms with Crippen LogP contribution in [0, 0.1) is 0 Å². The first-order valence-electron chi connectivity index (χ1n) is 10.3. The number of halogens is 2. The van der Waals surface area contributed by atoms with Crippen LogP contribution in [0.4, 0.5) is 8.78 Å². The first-order valence-corrected chi connectivity index (χ1v) is 11.1. The van der Waals surface area contributed by atoms with E-state index in [1.54, 1.807) is 18.3 Å². The van der Waals surface area contributed by atoms with Crippen LogP contribution in [0.5, 0.6) is 5.75 Å². The van der Waals surface area contributed by atoms with Gasteiger partial charge in [-0.2, -0.15) is 8.78 Å². The molecule has 0 saturated carbocycles. The molecule has 1 aromatic carbocycles. The van der Waals surface area contributed by atoms with Gasteiger partial charge < -0.3 is 14.5 Å². The van der Waals surface area contributed by atoms with Crippen molar-refractivity contribution in [3.05, 3.63) is 48.2 Å². The van der Waals surface area contributed by atoms with Gasteiger partial charge in [0.15, 0.2) is 0 Å². The van der Waals surface area contributed by atoms with E-state index in [1.807, 2.05) is 17.0 Å². The van der Waals surface area contributed by atoms with Crippen molar-refractivity contribution in [1.29, 1.82) is 0 Å². The number of pyridine rings is 1. The molecule has 30 heavy (non-hydrogen) atoms. The predicted molar refractivity (Wildman–Crippen MR) is 111 cm³/mol. The SMILES string of the molecule is O=C(c1ccc(Sc2ccc(OC(F)F)cc2)nc1)N1CCCC1CN1CCCC1. The van der Waals surface area contributed by atoms with E-state index in [9.17, 15) is 13.6 Å². The zero-order valence-corrected chi connectivity index (χ0v) is 17.5. The van der Waals surface area contributed by atoms with E-state index >= 15 is 0 Å². The maximum absolute atomic E-state index is 13.0. The van der Waals surface area contributed by atoms with E-state index in [-0.39, 0.29) is 11.7 Å². The van der Waals surface area contributed by atoms with Crippen LogP contribution in [0.2, 0.25) is 0 Å². The Morgan fingerprint density at radius 1 is 1.10 bits per heavy atom. The van der Waals surface area contributed by atoms with Crippen LogP contribution >= 0.6 is 11.8 Å². The monoisotopic (exact) mass is 433 g/mol. The lowest BCUT2D eigenvalue weighted by Crippen LogP contribution is -2.42. The van der Waals surface area contributed by atoms with Gasteiger partial charge in [-0.15, -0.1) is 0 Å². The Morgan fingerprint density at radius 3 is 2.53 bits per heavy atom. The van der Waals surface area contributed by atoms with Crippen molar-refractivity contribution in [3.63, 3.8) is 0 Å². The number of hydrogen-bond donors (Lipinski definition) is 0. The largest absolute Gasteiger partial charge is 0.435 e. The minimum Gasteiger partial charge on any atom is -0.435 e. The number of nitrogens with zero attached hydrogens (tertiary/aromatic N) is 3. The van der Waals surface area contributed by atoms with Gasteiger partial charge in [0.2, 0.25) is 0 Å². The molecular weight excluding hydrogens is 408 g/mol. The van der Waals surface area contributed by atoms with Crippen LogP contribution in [0.3, 0.4) is 0 Å². The van der Waals surface area contributed by atoms with Crippen LogP contribution in [0.25, 0.3) is 0 Å². The first-order chi connectivity index (χ1) is 14.6. The van der Waals surface area contributed by atoms with Gasteiger partial charge in [-0.1, -0.05) is 11.8 Å². The molecule has 0 aliphatic carbocycles. The van der Waals surface area contributed by atoms with Crippen LogP contribution in [-0.2, 0) is 0 Å². The van der Waals surface area contributed by atoms with Crippen LogP contribution in [-0.4, -0.2) is 59.5 Å². The minimum atomic E-state index is -2.83. The molecule has 1 unspecified atom stereocenters. The lowest BCUT2D eigenvalue weighted by atomic mass is 10.2. The third kappa shape index (κ3) is 5.29. The second-order valence-electron chi connectivity index (χ2n) is 7.64. The molecule has 1 amide bonds. The highest BCUT2D eigenvalue weighted by Gasteiger charge is 2.31. The molecule has 2 aliphatic rings. The maximum Gasteiger partial charge on any atom is 0.387 e. The van der Waals surface area contributed by atoms with Gasteiger partial charge in [0.1, 0.15) is 10.8 Å². The number of rotatable bonds is 7. The molecule has 3 heterocycles. The summed E-state index contributed by atoms with van der Waals surface area (Å²) >= 11 is 1.40. The summed E-state index contributed by atoms with van der Waals surface area (Å²) in [7, 11) is 0. The summed E-state index contributed by atoms with van der Waals surface area (Å²) in [6.45, 7) is 1.22. The molecule has 2 saturated heterocycles. The predicted octanol–water partition coefficient (Wildman–Crippen LogP) is 4.53. The lowest BCUT2D eigenvalue weighted by molar-refractivity contribution is -0.0498. The van der Waals surface area contributed by atoms with Crippen molar-refractivity contribution in [2.75, 3.05) is 26.2 Å². The van der Waals surface area contributed by atoms with Crippen LogP contribution in [0.1, 0.15) is 36.0 Å². The zero-order valence-electron chi connectivity index (χ0n) is 16.7. The highest BCUT2D eigenvalue weighted by molar-refractivity contribution is 7.99. The summed E-state index contributed by atoms with van der Waals surface area (Å²) in [5.41, 5.74) is 0.605. The maximum atomic E-state index is 13.0. The molecule has 2 aliphatic heterocycles. The van der Waals surface area contributed by atoms with Crippen molar-refractivity contribution >= 4 is 17.7 Å². The van der Waals surface area contributed by atoms with E-state index in [0.717, 1.165) is 48.9 Å². The summed E-state index contributed by atoms with van der Waals surface area (Å²) in [5.74, 6) is 0.173. The van der Waals surface area contributed by atoms with Crippen molar-refractivity contribution in [3.8, 4) is 5.75 Å². The van der Waals surface area contributed by atoms with Crippen molar-refractivity contribution in [1.82, 2.24) is 14.8 Å². The van der Waals surface area contributed by atoms with Crippen molar-refractivity contribution < 1.29 is 18.3 Å². The number of ether oxygens (including phenoxy) is 1. The third-order valence-corrected chi connectivity index (χ3v) is 6.52. The van der Waals surface area contributed by atoms with Gasteiger partial charge in [-0.05, 0) is 75.2 Å². The fraction of sp³-hybridized carbons (Fsp3) is 0.455. The molecule has 0 radical (unpaired) electrons. The number of likely N-dealkylation sites (tertiary alicyclic amines) is 2. The zero-order chi connectivity index (χ0) is 20.9. The van der Waals surface area contributed by atoms with Crippen LogP contribution in [0.15, 0.2) is 52.5 Å². The lowest BCUT2D eigenvalue weighted by Gasteiger charge is -2.28. The number of carbonyl (C=O) groups is 1.